The Hall–Kier alpha value is -2.87. The van der Waals surface area contributed by atoms with Crippen LogP contribution in [0.5, 0.6) is 5.75 Å². The number of benzene rings is 1. The van der Waals surface area contributed by atoms with Crippen LogP contribution in [0, 0.1) is 6.92 Å². The van der Waals surface area contributed by atoms with Gasteiger partial charge in [-0.25, -0.2) is 4.79 Å². The molecule has 0 unspecified atom stereocenters. The summed E-state index contributed by atoms with van der Waals surface area (Å²) in [6.45, 7) is 5.25. The number of thiophene rings is 1. The van der Waals surface area contributed by atoms with Gasteiger partial charge in [0.2, 0.25) is 0 Å². The highest BCUT2D eigenvalue weighted by atomic mass is 32.1. The minimum Gasteiger partial charge on any atom is -0.481 e. The Balaban J connectivity index is 2.28. The molecular formula is C19H22N2O5S. The summed E-state index contributed by atoms with van der Waals surface area (Å²) < 4.78 is 10.8. The number of anilines is 1. The minimum absolute atomic E-state index is 0.138. The molecule has 1 atom stereocenters. The van der Waals surface area contributed by atoms with Crippen molar-refractivity contribution in [1.82, 2.24) is 0 Å². The first-order valence-electron chi connectivity index (χ1n) is 8.51. The summed E-state index contributed by atoms with van der Waals surface area (Å²) in [6, 6.07) is 8.96. The van der Waals surface area contributed by atoms with Gasteiger partial charge in [-0.2, -0.15) is 0 Å². The molecule has 0 saturated heterocycles. The minimum atomic E-state index is -0.762. The van der Waals surface area contributed by atoms with Crippen LogP contribution in [-0.4, -0.2) is 30.5 Å². The van der Waals surface area contributed by atoms with Gasteiger partial charge in [0.05, 0.1) is 17.0 Å². The third-order valence-corrected chi connectivity index (χ3v) is 4.99. The fourth-order valence-corrected chi connectivity index (χ4v) is 3.51. The number of amides is 2. The number of para-hydroxylation sites is 1. The van der Waals surface area contributed by atoms with E-state index in [1.807, 2.05) is 13.0 Å². The number of hydrogen-bond donors (Lipinski definition) is 2. The Morgan fingerprint density at radius 3 is 2.41 bits per heavy atom. The van der Waals surface area contributed by atoms with Crippen LogP contribution in [-0.2, 0) is 9.53 Å². The summed E-state index contributed by atoms with van der Waals surface area (Å²) in [7, 11) is 0. The van der Waals surface area contributed by atoms with E-state index in [1.54, 1.807) is 38.1 Å². The van der Waals surface area contributed by atoms with Gasteiger partial charge in [-0.1, -0.05) is 25.1 Å². The molecule has 3 N–H and O–H groups in total. The monoisotopic (exact) mass is 390 g/mol. The molecule has 0 bridgehead atoms. The van der Waals surface area contributed by atoms with Crippen LogP contribution >= 0.6 is 11.3 Å². The lowest BCUT2D eigenvalue weighted by Gasteiger charge is -2.17. The van der Waals surface area contributed by atoms with Crippen molar-refractivity contribution in [3.63, 3.8) is 0 Å². The zero-order valence-electron chi connectivity index (χ0n) is 15.4. The number of esters is 1. The van der Waals surface area contributed by atoms with Crippen molar-refractivity contribution < 1.29 is 23.9 Å². The lowest BCUT2D eigenvalue weighted by Crippen LogP contribution is -2.32. The van der Waals surface area contributed by atoms with E-state index < -0.39 is 23.9 Å². The molecule has 2 rings (SSSR count). The smallest absolute Gasteiger partial charge is 0.341 e. The molecule has 1 heterocycles. The van der Waals surface area contributed by atoms with Gasteiger partial charge >= 0.3 is 5.97 Å². The van der Waals surface area contributed by atoms with Crippen LogP contribution < -0.4 is 15.8 Å². The van der Waals surface area contributed by atoms with Crippen LogP contribution in [0.2, 0.25) is 0 Å². The molecule has 0 spiro atoms. The van der Waals surface area contributed by atoms with Gasteiger partial charge in [-0.05, 0) is 38.0 Å². The van der Waals surface area contributed by atoms with Crippen LogP contribution in [0.3, 0.4) is 0 Å². The maximum Gasteiger partial charge on any atom is 0.341 e. The Labute approximate surface area is 161 Å². The number of hydrogen-bond acceptors (Lipinski definition) is 6. The average molecular weight is 390 g/mol. The van der Waals surface area contributed by atoms with Crippen molar-refractivity contribution >= 4 is 34.1 Å². The maximum atomic E-state index is 12.7. The maximum absolute atomic E-state index is 12.7. The molecule has 0 aliphatic heterocycles. The Kier molecular flexibility index (Phi) is 6.95. The highest BCUT2D eigenvalue weighted by Crippen LogP contribution is 2.33. The van der Waals surface area contributed by atoms with Crippen molar-refractivity contribution in [2.45, 2.75) is 33.3 Å². The van der Waals surface area contributed by atoms with E-state index >= 15 is 0 Å². The largest absolute Gasteiger partial charge is 0.481 e. The van der Waals surface area contributed by atoms with E-state index in [-0.39, 0.29) is 22.0 Å². The van der Waals surface area contributed by atoms with Gasteiger partial charge in [0.25, 0.3) is 11.8 Å². The quantitative estimate of drug-likeness (QED) is 0.673. The fourth-order valence-electron chi connectivity index (χ4n) is 2.46. The van der Waals surface area contributed by atoms with Gasteiger partial charge in [0, 0.05) is 0 Å². The molecule has 0 aliphatic rings. The molecule has 8 heteroatoms. The Bertz CT molecular complexity index is 832. The van der Waals surface area contributed by atoms with Gasteiger partial charge in [-0.15, -0.1) is 11.3 Å². The Morgan fingerprint density at radius 2 is 1.85 bits per heavy atom. The second-order valence-corrected chi connectivity index (χ2v) is 6.68. The molecule has 2 aromatic rings. The summed E-state index contributed by atoms with van der Waals surface area (Å²) in [5.41, 5.74) is 5.90. The van der Waals surface area contributed by atoms with E-state index in [0.29, 0.717) is 17.7 Å². The van der Waals surface area contributed by atoms with Gasteiger partial charge < -0.3 is 20.5 Å². The second-order valence-electron chi connectivity index (χ2n) is 5.66. The molecule has 0 aliphatic carbocycles. The average Bonchev–Trinajstić information content (AvgIpc) is 2.97. The molecule has 0 saturated carbocycles. The van der Waals surface area contributed by atoms with Crippen molar-refractivity contribution in [2.75, 3.05) is 11.9 Å². The highest BCUT2D eigenvalue weighted by Gasteiger charge is 2.28. The molecule has 0 radical (unpaired) electrons. The molecule has 144 valence electrons. The second kappa shape index (κ2) is 9.18. The van der Waals surface area contributed by atoms with Gasteiger partial charge in [0.1, 0.15) is 10.8 Å². The zero-order valence-corrected chi connectivity index (χ0v) is 16.2. The fraction of sp³-hybridized carbons (Fsp3) is 0.316. The third-order valence-electron chi connectivity index (χ3n) is 3.77. The SMILES string of the molecule is CCOC(=O)c1c(NC(=O)[C@@H](CC)Oc2ccccc2)sc(C(N)=O)c1C. The molecule has 27 heavy (non-hydrogen) atoms. The zero-order chi connectivity index (χ0) is 20.0. The molecule has 0 fully saturated rings. The topological polar surface area (TPSA) is 108 Å². The molecule has 1 aromatic carbocycles. The van der Waals surface area contributed by atoms with E-state index in [4.69, 9.17) is 15.2 Å². The predicted molar refractivity (Wildman–Crippen MR) is 103 cm³/mol. The summed E-state index contributed by atoms with van der Waals surface area (Å²) in [5, 5.41) is 2.91. The van der Waals surface area contributed by atoms with E-state index in [0.717, 1.165) is 11.3 Å². The van der Waals surface area contributed by atoms with E-state index in [9.17, 15) is 14.4 Å². The van der Waals surface area contributed by atoms with Crippen LogP contribution in [0.4, 0.5) is 5.00 Å². The van der Waals surface area contributed by atoms with Gasteiger partial charge in [0.15, 0.2) is 6.10 Å². The lowest BCUT2D eigenvalue weighted by molar-refractivity contribution is -0.122. The lowest BCUT2D eigenvalue weighted by atomic mass is 10.1. The molecule has 7 nitrogen and oxygen atoms in total. The van der Waals surface area contributed by atoms with Crippen molar-refractivity contribution in [2.24, 2.45) is 5.73 Å². The summed E-state index contributed by atoms with van der Waals surface area (Å²) in [4.78, 5) is 36.8. The van der Waals surface area contributed by atoms with Gasteiger partial charge in [-0.3, -0.25) is 9.59 Å². The third kappa shape index (κ3) is 4.85. The van der Waals surface area contributed by atoms with Crippen molar-refractivity contribution in [3.05, 3.63) is 46.3 Å². The summed E-state index contributed by atoms with van der Waals surface area (Å²) in [5.74, 6) is -1.16. The number of nitrogens with two attached hydrogens (primary N) is 1. The van der Waals surface area contributed by atoms with Crippen molar-refractivity contribution in [3.8, 4) is 5.75 Å². The van der Waals surface area contributed by atoms with Crippen LogP contribution in [0.1, 0.15) is 45.9 Å². The molecule has 2 amide bonds. The summed E-state index contributed by atoms with van der Waals surface area (Å²) >= 11 is 0.948. The molecular weight excluding hydrogens is 368 g/mol. The standard InChI is InChI=1S/C19H22N2O5S/c1-4-13(26-12-9-7-6-8-10-12)17(23)21-18-14(19(24)25-5-2)11(3)15(27-18)16(20)22/h6-10,13H,4-5H2,1-3H3,(H2,20,22)(H,21,23)/t13-/m1/s1. The first-order chi connectivity index (χ1) is 12.9. The Morgan fingerprint density at radius 1 is 1.19 bits per heavy atom. The van der Waals surface area contributed by atoms with E-state index in [1.165, 1.54) is 0 Å². The number of carbonyl (C=O) groups excluding carboxylic acids is 3. The number of primary amides is 1. The predicted octanol–water partition coefficient (Wildman–Crippen LogP) is 3.13. The first-order valence-corrected chi connectivity index (χ1v) is 9.33. The van der Waals surface area contributed by atoms with Crippen molar-refractivity contribution in [1.29, 1.82) is 0 Å². The number of ether oxygens (including phenoxy) is 2. The highest BCUT2D eigenvalue weighted by molar-refractivity contribution is 7.18. The normalized spacial score (nSPS) is 11.5. The van der Waals surface area contributed by atoms with Crippen LogP contribution in [0.25, 0.3) is 0 Å². The van der Waals surface area contributed by atoms with Crippen LogP contribution in [0.15, 0.2) is 30.3 Å². The molecule has 1 aromatic heterocycles. The summed E-state index contributed by atoms with van der Waals surface area (Å²) in [6.07, 6.45) is -0.343. The number of rotatable bonds is 8. The first kappa shape index (κ1) is 20.4. The number of nitrogens with one attached hydrogen (secondary N) is 1. The van der Waals surface area contributed by atoms with E-state index in [2.05, 4.69) is 5.32 Å². The number of carbonyl (C=O) groups is 3.